The summed E-state index contributed by atoms with van der Waals surface area (Å²) in [6, 6.07) is -0.418. The number of aliphatic hydroxyl groups excluding tert-OH is 3. The fourth-order valence-electron chi connectivity index (χ4n) is 1.75. The van der Waals surface area contributed by atoms with E-state index < -0.39 is 24.4 Å². The van der Waals surface area contributed by atoms with Crippen molar-refractivity contribution in [2.24, 2.45) is 0 Å². The minimum atomic E-state index is -1.09. The predicted molar refractivity (Wildman–Crippen MR) is 63.1 cm³/mol. The molecule has 0 bridgehead atoms. The van der Waals surface area contributed by atoms with Gasteiger partial charge in [-0.25, -0.2) is 4.98 Å². The zero-order chi connectivity index (χ0) is 12.4. The quantitative estimate of drug-likeness (QED) is 0.576. The Morgan fingerprint density at radius 2 is 2.29 bits per heavy atom. The molecule has 0 saturated carbocycles. The highest BCUT2D eigenvalue weighted by atomic mass is 32.1. The molecule has 0 aromatic carbocycles. The topological polar surface area (TPSA) is 94.8 Å². The molecule has 0 aliphatic carbocycles. The van der Waals surface area contributed by atoms with Crippen molar-refractivity contribution in [3.63, 3.8) is 0 Å². The normalized spacial score (nSPS) is 33.6. The molecule has 1 fully saturated rings. The first-order chi connectivity index (χ1) is 8.11. The molecule has 0 spiro atoms. The maximum atomic E-state index is 9.88. The lowest BCUT2D eigenvalue weighted by molar-refractivity contribution is -0.152. The standard InChI is InChI=1S/C10H16N2O4S/c1-5-4-17-10(11-5)12-6-3-16-7(2-13)9(15)8(6)14/h4,6-9,13-15H,2-3H2,1H3,(H,11,12)/t6-,7+,8+,9-/m0/s1. The van der Waals surface area contributed by atoms with E-state index in [0.29, 0.717) is 5.13 Å². The minimum absolute atomic E-state index is 0.224. The zero-order valence-electron chi connectivity index (χ0n) is 9.41. The lowest BCUT2D eigenvalue weighted by atomic mass is 9.99. The molecule has 1 aromatic rings. The second kappa shape index (κ2) is 5.28. The molecule has 1 aliphatic rings. The van der Waals surface area contributed by atoms with Gasteiger partial charge in [0.2, 0.25) is 0 Å². The summed E-state index contributed by atoms with van der Waals surface area (Å²) in [6.45, 7) is 1.80. The van der Waals surface area contributed by atoms with Gasteiger partial charge in [0, 0.05) is 5.38 Å². The average molecular weight is 260 g/mol. The van der Waals surface area contributed by atoms with E-state index >= 15 is 0 Å². The van der Waals surface area contributed by atoms with Crippen LogP contribution in [0.15, 0.2) is 5.38 Å². The Labute approximate surface area is 103 Å². The van der Waals surface area contributed by atoms with Crippen LogP contribution in [0.4, 0.5) is 5.13 Å². The minimum Gasteiger partial charge on any atom is -0.394 e. The van der Waals surface area contributed by atoms with Crippen molar-refractivity contribution >= 4 is 16.5 Å². The summed E-state index contributed by atoms with van der Waals surface area (Å²) >= 11 is 1.43. The summed E-state index contributed by atoms with van der Waals surface area (Å²) < 4.78 is 5.26. The van der Waals surface area contributed by atoms with Gasteiger partial charge in [-0.1, -0.05) is 0 Å². The Bertz CT molecular complexity index is 373. The number of anilines is 1. The fourth-order valence-corrected chi connectivity index (χ4v) is 2.50. The first kappa shape index (κ1) is 12.7. The SMILES string of the molecule is Cc1csc(N[C@H]2CO[C@H](CO)[C@H](O)[C@@H]2O)n1. The summed E-state index contributed by atoms with van der Waals surface area (Å²) in [6.07, 6.45) is -2.79. The van der Waals surface area contributed by atoms with Crippen molar-refractivity contribution in [1.29, 1.82) is 0 Å². The van der Waals surface area contributed by atoms with Gasteiger partial charge in [0.05, 0.1) is 24.9 Å². The summed E-state index contributed by atoms with van der Waals surface area (Å²) in [5.74, 6) is 0. The van der Waals surface area contributed by atoms with Crippen molar-refractivity contribution in [2.75, 3.05) is 18.5 Å². The second-order valence-corrected chi connectivity index (χ2v) is 4.94. The number of hydrogen-bond acceptors (Lipinski definition) is 7. The molecule has 0 unspecified atom stereocenters. The monoisotopic (exact) mass is 260 g/mol. The van der Waals surface area contributed by atoms with Crippen LogP contribution in [0.3, 0.4) is 0 Å². The van der Waals surface area contributed by atoms with E-state index in [9.17, 15) is 10.2 Å². The molecule has 2 rings (SSSR count). The number of aliphatic hydroxyl groups is 3. The lowest BCUT2D eigenvalue weighted by Crippen LogP contribution is -2.56. The van der Waals surface area contributed by atoms with Gasteiger partial charge >= 0.3 is 0 Å². The molecule has 1 aromatic heterocycles. The van der Waals surface area contributed by atoms with Crippen LogP contribution in [-0.2, 0) is 4.74 Å². The number of aryl methyl sites for hydroxylation is 1. The number of aromatic nitrogens is 1. The van der Waals surface area contributed by atoms with E-state index in [0.717, 1.165) is 5.69 Å². The molecular formula is C10H16N2O4S. The van der Waals surface area contributed by atoms with Gasteiger partial charge in [-0.3, -0.25) is 0 Å². The summed E-state index contributed by atoms with van der Waals surface area (Å²) in [5, 5.41) is 34.1. The van der Waals surface area contributed by atoms with Crippen molar-refractivity contribution in [1.82, 2.24) is 4.98 Å². The van der Waals surface area contributed by atoms with Crippen LogP contribution in [0, 0.1) is 6.92 Å². The summed E-state index contributed by atoms with van der Waals surface area (Å²) in [4.78, 5) is 4.21. The van der Waals surface area contributed by atoms with Gasteiger partial charge in [-0.2, -0.15) is 0 Å². The zero-order valence-corrected chi connectivity index (χ0v) is 10.2. The number of thiazole rings is 1. The molecule has 1 aliphatic heterocycles. The third-order valence-electron chi connectivity index (χ3n) is 2.74. The fraction of sp³-hybridized carbons (Fsp3) is 0.700. The van der Waals surface area contributed by atoms with Crippen LogP contribution in [0.25, 0.3) is 0 Å². The van der Waals surface area contributed by atoms with Gasteiger partial charge in [0.25, 0.3) is 0 Å². The Morgan fingerprint density at radius 1 is 1.53 bits per heavy atom. The first-order valence-corrected chi connectivity index (χ1v) is 6.27. The highest BCUT2D eigenvalue weighted by molar-refractivity contribution is 7.13. The molecule has 17 heavy (non-hydrogen) atoms. The smallest absolute Gasteiger partial charge is 0.183 e. The third kappa shape index (κ3) is 2.75. The second-order valence-electron chi connectivity index (χ2n) is 4.08. The average Bonchev–Trinajstić information content (AvgIpc) is 2.71. The molecule has 0 amide bonds. The van der Waals surface area contributed by atoms with Gasteiger partial charge in [0.15, 0.2) is 5.13 Å². The van der Waals surface area contributed by atoms with Gasteiger partial charge in [0.1, 0.15) is 18.3 Å². The highest BCUT2D eigenvalue weighted by Gasteiger charge is 2.38. The van der Waals surface area contributed by atoms with Crippen LogP contribution in [0.5, 0.6) is 0 Å². The number of rotatable bonds is 3. The van der Waals surface area contributed by atoms with Crippen LogP contribution < -0.4 is 5.32 Å². The molecule has 96 valence electrons. The number of hydrogen-bond donors (Lipinski definition) is 4. The molecule has 0 radical (unpaired) electrons. The van der Waals surface area contributed by atoms with E-state index in [1.54, 1.807) is 0 Å². The van der Waals surface area contributed by atoms with Crippen molar-refractivity contribution < 1.29 is 20.1 Å². The van der Waals surface area contributed by atoms with Gasteiger partial charge < -0.3 is 25.4 Å². The van der Waals surface area contributed by atoms with Crippen LogP contribution in [-0.4, -0.2) is 57.9 Å². The van der Waals surface area contributed by atoms with Gasteiger partial charge in [-0.05, 0) is 6.92 Å². The number of nitrogens with one attached hydrogen (secondary N) is 1. The predicted octanol–water partition coefficient (Wildman–Crippen LogP) is -0.655. The Kier molecular flexibility index (Phi) is 3.95. The molecular weight excluding hydrogens is 244 g/mol. The first-order valence-electron chi connectivity index (χ1n) is 5.39. The van der Waals surface area contributed by atoms with E-state index in [-0.39, 0.29) is 13.2 Å². The van der Waals surface area contributed by atoms with E-state index in [4.69, 9.17) is 9.84 Å². The van der Waals surface area contributed by atoms with Crippen molar-refractivity contribution in [3.05, 3.63) is 11.1 Å². The number of nitrogens with zero attached hydrogens (tertiary/aromatic N) is 1. The van der Waals surface area contributed by atoms with Crippen LogP contribution >= 0.6 is 11.3 Å². The summed E-state index contributed by atoms with van der Waals surface area (Å²) in [5.41, 5.74) is 0.900. The largest absolute Gasteiger partial charge is 0.394 e. The summed E-state index contributed by atoms with van der Waals surface area (Å²) in [7, 11) is 0. The third-order valence-corrected chi connectivity index (χ3v) is 3.63. The molecule has 7 heteroatoms. The maximum absolute atomic E-state index is 9.88. The van der Waals surface area contributed by atoms with Gasteiger partial charge in [-0.15, -0.1) is 11.3 Å². The molecule has 6 nitrogen and oxygen atoms in total. The Balaban J connectivity index is 1.98. The van der Waals surface area contributed by atoms with E-state index in [1.165, 1.54) is 11.3 Å². The molecule has 2 heterocycles. The van der Waals surface area contributed by atoms with E-state index in [1.807, 2.05) is 12.3 Å². The molecule has 1 saturated heterocycles. The molecule has 4 atom stereocenters. The Hall–Kier alpha value is -0.730. The maximum Gasteiger partial charge on any atom is 0.183 e. The lowest BCUT2D eigenvalue weighted by Gasteiger charge is -2.37. The highest BCUT2D eigenvalue weighted by Crippen LogP contribution is 2.21. The van der Waals surface area contributed by atoms with E-state index in [2.05, 4.69) is 10.3 Å². The van der Waals surface area contributed by atoms with Crippen molar-refractivity contribution in [2.45, 2.75) is 31.3 Å². The van der Waals surface area contributed by atoms with Crippen LogP contribution in [0.2, 0.25) is 0 Å². The van der Waals surface area contributed by atoms with Crippen molar-refractivity contribution in [3.8, 4) is 0 Å². The van der Waals surface area contributed by atoms with Crippen LogP contribution in [0.1, 0.15) is 5.69 Å². The molecule has 4 N–H and O–H groups in total. The number of ether oxygens (including phenoxy) is 1. The Morgan fingerprint density at radius 3 is 2.88 bits per heavy atom.